The van der Waals surface area contributed by atoms with E-state index in [-0.39, 0.29) is 5.91 Å². The van der Waals surface area contributed by atoms with Crippen LogP contribution in [0.25, 0.3) is 0 Å². The quantitative estimate of drug-likeness (QED) is 0.668. The lowest BCUT2D eigenvalue weighted by atomic mass is 10.1. The lowest BCUT2D eigenvalue weighted by molar-refractivity contribution is 0.0949. The third-order valence-electron chi connectivity index (χ3n) is 3.81. The zero-order valence-corrected chi connectivity index (χ0v) is 14.9. The molecular formula is C20H19ClN4O. The van der Waals surface area contributed by atoms with E-state index in [0.717, 1.165) is 12.0 Å². The normalized spacial score (nSPS) is 10.3. The summed E-state index contributed by atoms with van der Waals surface area (Å²) < 4.78 is 0. The maximum absolute atomic E-state index is 12.1. The van der Waals surface area contributed by atoms with Gasteiger partial charge in [0, 0.05) is 18.1 Å². The van der Waals surface area contributed by atoms with Crippen molar-refractivity contribution in [2.24, 2.45) is 0 Å². The molecule has 3 rings (SSSR count). The number of aromatic nitrogens is 2. The maximum atomic E-state index is 12.1. The molecule has 3 aromatic rings. The number of nitrogens with zero attached hydrogens (tertiary/aromatic N) is 2. The van der Waals surface area contributed by atoms with Crippen LogP contribution < -0.4 is 10.6 Å². The second-order valence-electron chi connectivity index (χ2n) is 5.76. The summed E-state index contributed by atoms with van der Waals surface area (Å²) in [5.74, 6) is 0.387. The first-order valence-corrected chi connectivity index (χ1v) is 8.71. The van der Waals surface area contributed by atoms with Crippen molar-refractivity contribution in [3.8, 4) is 0 Å². The number of hydrogen-bond acceptors (Lipinski definition) is 4. The van der Waals surface area contributed by atoms with Gasteiger partial charge in [-0.15, -0.1) is 0 Å². The molecule has 0 aliphatic heterocycles. The molecule has 0 unspecified atom stereocenters. The molecule has 1 amide bonds. The Labute approximate surface area is 157 Å². The molecule has 6 heteroatoms. The van der Waals surface area contributed by atoms with Gasteiger partial charge in [0.1, 0.15) is 11.5 Å². The van der Waals surface area contributed by atoms with Crippen molar-refractivity contribution in [3.63, 3.8) is 0 Å². The first-order chi connectivity index (χ1) is 12.7. The van der Waals surface area contributed by atoms with Crippen LogP contribution in [0.4, 0.5) is 5.82 Å². The third kappa shape index (κ3) is 5.29. The summed E-state index contributed by atoms with van der Waals surface area (Å²) in [5, 5.41) is 6.72. The number of benzene rings is 2. The Bertz CT molecular complexity index is 836. The predicted molar refractivity (Wildman–Crippen MR) is 103 cm³/mol. The van der Waals surface area contributed by atoms with Gasteiger partial charge in [0.15, 0.2) is 0 Å². The lowest BCUT2D eigenvalue weighted by Gasteiger charge is -2.07. The van der Waals surface area contributed by atoms with Crippen molar-refractivity contribution in [3.05, 3.63) is 88.8 Å². The van der Waals surface area contributed by atoms with Crippen molar-refractivity contribution in [2.75, 3.05) is 11.9 Å². The highest BCUT2D eigenvalue weighted by Gasteiger charge is 2.07. The third-order valence-corrected chi connectivity index (χ3v) is 4.07. The summed E-state index contributed by atoms with van der Waals surface area (Å²) in [6.07, 6.45) is 3.81. The van der Waals surface area contributed by atoms with Gasteiger partial charge in [-0.05, 0) is 29.7 Å². The van der Waals surface area contributed by atoms with Crippen molar-refractivity contribution in [2.45, 2.75) is 13.0 Å². The second kappa shape index (κ2) is 8.97. The second-order valence-corrected chi connectivity index (χ2v) is 6.19. The van der Waals surface area contributed by atoms with Gasteiger partial charge < -0.3 is 10.6 Å². The zero-order chi connectivity index (χ0) is 18.2. The molecule has 0 spiro atoms. The van der Waals surface area contributed by atoms with E-state index >= 15 is 0 Å². The molecule has 0 saturated carbocycles. The zero-order valence-electron chi connectivity index (χ0n) is 14.2. The molecule has 132 valence electrons. The van der Waals surface area contributed by atoms with E-state index in [0.29, 0.717) is 29.6 Å². The molecule has 0 atom stereocenters. The van der Waals surface area contributed by atoms with E-state index in [2.05, 4.69) is 20.6 Å². The first-order valence-electron chi connectivity index (χ1n) is 8.33. The summed E-state index contributed by atoms with van der Waals surface area (Å²) in [4.78, 5) is 20.5. The van der Waals surface area contributed by atoms with Crippen molar-refractivity contribution >= 4 is 23.3 Å². The number of halogens is 1. The molecule has 1 aromatic heterocycles. The molecule has 2 aromatic carbocycles. The molecule has 0 aliphatic carbocycles. The predicted octanol–water partition coefficient (Wildman–Crippen LogP) is 3.71. The average Bonchev–Trinajstić information content (AvgIpc) is 2.69. The Hall–Kier alpha value is -2.92. The monoisotopic (exact) mass is 366 g/mol. The summed E-state index contributed by atoms with van der Waals surface area (Å²) in [7, 11) is 0. The van der Waals surface area contributed by atoms with Gasteiger partial charge in [0.25, 0.3) is 5.91 Å². The molecule has 1 heterocycles. The fraction of sp³-hybridized carbons (Fsp3) is 0.150. The van der Waals surface area contributed by atoms with E-state index in [1.165, 1.54) is 11.8 Å². The molecule has 0 saturated heterocycles. The fourth-order valence-electron chi connectivity index (χ4n) is 2.39. The van der Waals surface area contributed by atoms with Crippen molar-refractivity contribution in [1.82, 2.24) is 15.3 Å². The number of rotatable bonds is 7. The van der Waals surface area contributed by atoms with E-state index in [1.807, 2.05) is 54.6 Å². The highest BCUT2D eigenvalue weighted by Crippen LogP contribution is 2.11. The Balaban J connectivity index is 1.47. The summed E-state index contributed by atoms with van der Waals surface area (Å²) in [6, 6.07) is 17.6. The van der Waals surface area contributed by atoms with Crippen LogP contribution in [0.3, 0.4) is 0 Å². The van der Waals surface area contributed by atoms with Gasteiger partial charge in [0.05, 0.1) is 12.4 Å². The Morgan fingerprint density at radius 2 is 1.69 bits per heavy atom. The lowest BCUT2D eigenvalue weighted by Crippen LogP contribution is -2.26. The van der Waals surface area contributed by atoms with E-state index in [9.17, 15) is 4.79 Å². The van der Waals surface area contributed by atoms with Crippen LogP contribution in [-0.2, 0) is 13.0 Å². The Morgan fingerprint density at radius 3 is 2.38 bits per heavy atom. The number of carbonyl (C=O) groups excluding carboxylic acids is 1. The van der Waals surface area contributed by atoms with E-state index in [1.54, 1.807) is 6.20 Å². The first kappa shape index (κ1) is 17.9. The van der Waals surface area contributed by atoms with Crippen LogP contribution >= 0.6 is 11.6 Å². The molecule has 26 heavy (non-hydrogen) atoms. The Kier molecular flexibility index (Phi) is 6.17. The summed E-state index contributed by atoms with van der Waals surface area (Å²) in [6.45, 7) is 1.16. The summed E-state index contributed by atoms with van der Waals surface area (Å²) >= 11 is 5.87. The van der Waals surface area contributed by atoms with Crippen LogP contribution in [0, 0.1) is 0 Å². The molecular weight excluding hydrogens is 348 g/mol. The van der Waals surface area contributed by atoms with Crippen LogP contribution in [0.1, 0.15) is 21.6 Å². The average molecular weight is 367 g/mol. The minimum atomic E-state index is -0.224. The molecule has 0 radical (unpaired) electrons. The smallest absolute Gasteiger partial charge is 0.271 e. The topological polar surface area (TPSA) is 66.9 Å². The van der Waals surface area contributed by atoms with Gasteiger partial charge in [-0.3, -0.25) is 4.79 Å². The maximum Gasteiger partial charge on any atom is 0.271 e. The SMILES string of the molecule is O=C(NCCc1ccccc1)c1cnc(NCc2ccc(Cl)cc2)cn1. The minimum absolute atomic E-state index is 0.224. The standard InChI is InChI=1S/C20H19ClN4O/c21-17-8-6-16(7-9-17)12-24-19-14-23-18(13-25-19)20(26)22-11-10-15-4-2-1-3-5-15/h1-9,13-14H,10-12H2,(H,22,26)(H,24,25). The number of nitrogens with one attached hydrogen (secondary N) is 2. The number of carbonyl (C=O) groups is 1. The summed E-state index contributed by atoms with van der Waals surface area (Å²) in [5.41, 5.74) is 2.56. The Morgan fingerprint density at radius 1 is 0.923 bits per heavy atom. The van der Waals surface area contributed by atoms with Gasteiger partial charge in [-0.1, -0.05) is 54.1 Å². The van der Waals surface area contributed by atoms with Crippen molar-refractivity contribution < 1.29 is 4.79 Å². The van der Waals surface area contributed by atoms with Crippen LogP contribution in [0.15, 0.2) is 67.0 Å². The molecule has 0 aliphatic rings. The van der Waals surface area contributed by atoms with E-state index in [4.69, 9.17) is 11.6 Å². The molecule has 0 bridgehead atoms. The van der Waals surface area contributed by atoms with Gasteiger partial charge in [-0.2, -0.15) is 0 Å². The number of amides is 1. The fourth-order valence-corrected chi connectivity index (χ4v) is 2.51. The van der Waals surface area contributed by atoms with Crippen molar-refractivity contribution in [1.29, 1.82) is 0 Å². The van der Waals surface area contributed by atoms with Crippen LogP contribution in [0.5, 0.6) is 0 Å². The minimum Gasteiger partial charge on any atom is -0.365 e. The van der Waals surface area contributed by atoms with E-state index < -0.39 is 0 Å². The van der Waals surface area contributed by atoms with Gasteiger partial charge >= 0.3 is 0 Å². The number of anilines is 1. The highest BCUT2D eigenvalue weighted by molar-refractivity contribution is 6.30. The molecule has 2 N–H and O–H groups in total. The number of hydrogen-bond donors (Lipinski definition) is 2. The van der Waals surface area contributed by atoms with Crippen LogP contribution in [-0.4, -0.2) is 22.4 Å². The molecule has 5 nitrogen and oxygen atoms in total. The van der Waals surface area contributed by atoms with Gasteiger partial charge in [0.2, 0.25) is 0 Å². The molecule has 0 fully saturated rings. The largest absolute Gasteiger partial charge is 0.365 e. The van der Waals surface area contributed by atoms with Gasteiger partial charge in [-0.25, -0.2) is 9.97 Å². The van der Waals surface area contributed by atoms with Crippen LogP contribution in [0.2, 0.25) is 5.02 Å². The highest BCUT2D eigenvalue weighted by atomic mass is 35.5.